The molecule has 2 aromatic heterocycles. The van der Waals surface area contributed by atoms with Crippen LogP contribution in [0.3, 0.4) is 0 Å². The lowest BCUT2D eigenvalue weighted by Gasteiger charge is -2.36. The first kappa shape index (κ1) is 11.1. The summed E-state index contributed by atoms with van der Waals surface area (Å²) in [5.74, 6) is 1.94. The highest BCUT2D eigenvalue weighted by Crippen LogP contribution is 2.27. The molecule has 0 spiro atoms. The summed E-state index contributed by atoms with van der Waals surface area (Å²) in [5, 5.41) is 0. The smallest absolute Gasteiger partial charge is 0.138 e. The highest BCUT2D eigenvalue weighted by atomic mass is 79.9. The van der Waals surface area contributed by atoms with E-state index in [1.807, 2.05) is 18.5 Å². The van der Waals surface area contributed by atoms with Crippen molar-refractivity contribution in [3.8, 4) is 0 Å². The van der Waals surface area contributed by atoms with Crippen LogP contribution in [0.2, 0.25) is 0 Å². The number of imidazole rings is 1. The van der Waals surface area contributed by atoms with Gasteiger partial charge in [-0.1, -0.05) is 28.9 Å². The molecule has 2 unspecified atom stereocenters. The fourth-order valence-electron chi connectivity index (χ4n) is 2.52. The second-order valence-electron chi connectivity index (χ2n) is 4.77. The van der Waals surface area contributed by atoms with Crippen LogP contribution in [0.25, 0.3) is 5.65 Å². The number of hydrogen-bond donors (Lipinski definition) is 0. The predicted molar refractivity (Wildman–Crippen MR) is 73.9 cm³/mol. The van der Waals surface area contributed by atoms with Crippen molar-refractivity contribution < 1.29 is 0 Å². The molecule has 0 saturated carbocycles. The third-order valence-electron chi connectivity index (χ3n) is 3.53. The second-order valence-corrected chi connectivity index (χ2v) is 5.94. The third kappa shape index (κ3) is 1.95. The summed E-state index contributed by atoms with van der Waals surface area (Å²) in [7, 11) is 0. The highest BCUT2D eigenvalue weighted by molar-refractivity contribution is 9.09. The van der Waals surface area contributed by atoms with Crippen molar-refractivity contribution in [3.63, 3.8) is 0 Å². The lowest BCUT2D eigenvalue weighted by Crippen LogP contribution is -2.40. The summed E-state index contributed by atoms with van der Waals surface area (Å²) in [6.45, 7) is 4.52. The van der Waals surface area contributed by atoms with Crippen molar-refractivity contribution >= 4 is 27.4 Å². The number of hydrogen-bond acceptors (Lipinski definition) is 2. The Hall–Kier alpha value is -1.03. The average Bonchev–Trinajstić information content (AvgIpc) is 2.80. The van der Waals surface area contributed by atoms with E-state index in [0.717, 1.165) is 18.7 Å². The van der Waals surface area contributed by atoms with Gasteiger partial charge in [0.25, 0.3) is 0 Å². The number of fused-ring (bicyclic) bond motifs is 1. The van der Waals surface area contributed by atoms with Gasteiger partial charge < -0.3 is 4.90 Å². The lowest BCUT2D eigenvalue weighted by molar-refractivity contribution is 0.463. The Labute approximate surface area is 110 Å². The van der Waals surface area contributed by atoms with Gasteiger partial charge in [-0.25, -0.2) is 4.98 Å². The van der Waals surface area contributed by atoms with Crippen LogP contribution in [0.5, 0.6) is 0 Å². The third-order valence-corrected chi connectivity index (χ3v) is 4.89. The molecule has 0 bridgehead atoms. The first-order valence-electron chi connectivity index (χ1n) is 6.07. The minimum atomic E-state index is 0.653. The molecule has 1 aliphatic rings. The van der Waals surface area contributed by atoms with Gasteiger partial charge in [-0.05, 0) is 24.5 Å². The zero-order chi connectivity index (χ0) is 11.8. The van der Waals surface area contributed by atoms with Crippen LogP contribution in [0.4, 0.5) is 5.82 Å². The summed E-state index contributed by atoms with van der Waals surface area (Å²) >= 11 is 3.75. The number of nitrogens with zero attached hydrogens (tertiary/aromatic N) is 3. The number of alkyl halides is 1. The van der Waals surface area contributed by atoms with Gasteiger partial charge in [0.15, 0.2) is 0 Å². The lowest BCUT2D eigenvalue weighted by atomic mass is 10.0. The molecule has 0 aromatic carbocycles. The first-order chi connectivity index (χ1) is 8.25. The Morgan fingerprint density at radius 1 is 1.41 bits per heavy atom. The van der Waals surface area contributed by atoms with Crippen LogP contribution in [0.1, 0.15) is 13.3 Å². The molecule has 3 nitrogen and oxygen atoms in total. The Balaban J connectivity index is 1.96. The van der Waals surface area contributed by atoms with Gasteiger partial charge in [0.05, 0.1) is 0 Å². The number of rotatable bonds is 1. The van der Waals surface area contributed by atoms with E-state index in [-0.39, 0.29) is 0 Å². The fraction of sp³-hybridized carbons (Fsp3) is 0.462. The van der Waals surface area contributed by atoms with Crippen LogP contribution < -0.4 is 4.90 Å². The van der Waals surface area contributed by atoms with Crippen molar-refractivity contribution in [2.75, 3.05) is 18.0 Å². The van der Waals surface area contributed by atoms with E-state index in [4.69, 9.17) is 0 Å². The van der Waals surface area contributed by atoms with Gasteiger partial charge in [0, 0.05) is 30.3 Å². The molecule has 4 heteroatoms. The van der Waals surface area contributed by atoms with Gasteiger partial charge in [-0.2, -0.15) is 0 Å². The summed E-state index contributed by atoms with van der Waals surface area (Å²) in [4.78, 5) is 7.44. The van der Waals surface area contributed by atoms with Gasteiger partial charge in [-0.3, -0.25) is 4.40 Å². The molecule has 2 atom stereocenters. The van der Waals surface area contributed by atoms with Gasteiger partial charge in [0.1, 0.15) is 11.5 Å². The van der Waals surface area contributed by atoms with E-state index in [1.165, 1.54) is 12.2 Å². The minimum Gasteiger partial charge on any atom is -0.357 e. The molecule has 0 amide bonds. The molecule has 2 aromatic rings. The Bertz CT molecular complexity index is 522. The van der Waals surface area contributed by atoms with Crippen molar-refractivity contribution in [1.29, 1.82) is 0 Å². The molecule has 90 valence electrons. The zero-order valence-corrected chi connectivity index (χ0v) is 11.5. The van der Waals surface area contributed by atoms with E-state index < -0.39 is 0 Å². The molecular formula is C13H16BrN3. The summed E-state index contributed by atoms with van der Waals surface area (Å²) in [6, 6.07) is 6.31. The average molecular weight is 294 g/mol. The minimum absolute atomic E-state index is 0.653. The summed E-state index contributed by atoms with van der Waals surface area (Å²) in [6.07, 6.45) is 5.10. The Kier molecular flexibility index (Phi) is 2.82. The maximum atomic E-state index is 4.34. The van der Waals surface area contributed by atoms with Crippen molar-refractivity contribution in [3.05, 3.63) is 30.6 Å². The van der Waals surface area contributed by atoms with E-state index in [0.29, 0.717) is 10.7 Å². The number of pyridine rings is 1. The van der Waals surface area contributed by atoms with Gasteiger partial charge in [0.2, 0.25) is 0 Å². The normalized spacial score (nSPS) is 25.4. The quantitative estimate of drug-likeness (QED) is 0.754. The Morgan fingerprint density at radius 2 is 2.29 bits per heavy atom. The SMILES string of the molecule is CC1CN(c2cccc3nccn23)CCC1Br. The van der Waals surface area contributed by atoms with Crippen LogP contribution in [0.15, 0.2) is 30.6 Å². The standard InChI is InChI=1S/C13H16BrN3/c1-10-9-16(7-5-11(10)14)13-4-2-3-12-15-6-8-17(12)13/h2-4,6,8,10-11H,5,7,9H2,1H3. The number of anilines is 1. The molecule has 3 rings (SSSR count). The van der Waals surface area contributed by atoms with Gasteiger partial charge in [-0.15, -0.1) is 0 Å². The van der Waals surface area contributed by atoms with E-state index in [9.17, 15) is 0 Å². The molecule has 0 radical (unpaired) electrons. The topological polar surface area (TPSA) is 20.5 Å². The summed E-state index contributed by atoms with van der Waals surface area (Å²) in [5.41, 5.74) is 1.02. The molecule has 1 fully saturated rings. The molecule has 17 heavy (non-hydrogen) atoms. The largest absolute Gasteiger partial charge is 0.357 e. The molecule has 1 saturated heterocycles. The molecule has 3 heterocycles. The monoisotopic (exact) mass is 293 g/mol. The highest BCUT2D eigenvalue weighted by Gasteiger charge is 2.24. The zero-order valence-electron chi connectivity index (χ0n) is 9.88. The van der Waals surface area contributed by atoms with Crippen molar-refractivity contribution in [1.82, 2.24) is 9.38 Å². The van der Waals surface area contributed by atoms with Crippen LogP contribution >= 0.6 is 15.9 Å². The van der Waals surface area contributed by atoms with Crippen molar-refractivity contribution in [2.24, 2.45) is 5.92 Å². The van der Waals surface area contributed by atoms with Gasteiger partial charge >= 0.3 is 0 Å². The molecule has 1 aliphatic heterocycles. The van der Waals surface area contributed by atoms with E-state index >= 15 is 0 Å². The van der Waals surface area contributed by atoms with Crippen LogP contribution in [-0.4, -0.2) is 27.3 Å². The van der Waals surface area contributed by atoms with E-state index in [1.54, 1.807) is 0 Å². The maximum Gasteiger partial charge on any atom is 0.138 e. The number of aromatic nitrogens is 2. The fourth-order valence-corrected chi connectivity index (χ4v) is 2.89. The molecule has 0 aliphatic carbocycles. The second kappa shape index (κ2) is 4.33. The number of piperidine rings is 1. The molecular weight excluding hydrogens is 278 g/mol. The molecule has 0 N–H and O–H groups in total. The summed E-state index contributed by atoms with van der Waals surface area (Å²) < 4.78 is 2.17. The predicted octanol–water partition coefficient (Wildman–Crippen LogP) is 2.94. The van der Waals surface area contributed by atoms with Crippen LogP contribution in [-0.2, 0) is 0 Å². The maximum absolute atomic E-state index is 4.34. The first-order valence-corrected chi connectivity index (χ1v) is 6.98. The van der Waals surface area contributed by atoms with E-state index in [2.05, 4.69) is 49.3 Å². The van der Waals surface area contributed by atoms with Crippen molar-refractivity contribution in [2.45, 2.75) is 18.2 Å². The van der Waals surface area contributed by atoms with Crippen LogP contribution in [0, 0.1) is 5.92 Å². The Morgan fingerprint density at radius 3 is 3.12 bits per heavy atom. The number of halogens is 1.